The van der Waals surface area contributed by atoms with Crippen molar-refractivity contribution >= 4 is 0 Å². The SMILES string of the molecule is CN(C1CCC(C)(C)C1N)C(C)(C)C. The van der Waals surface area contributed by atoms with Crippen LogP contribution < -0.4 is 5.73 Å². The van der Waals surface area contributed by atoms with Crippen LogP contribution in [0.25, 0.3) is 0 Å². The van der Waals surface area contributed by atoms with Gasteiger partial charge in [0.1, 0.15) is 0 Å². The molecule has 2 N–H and O–H groups in total. The molecule has 0 radical (unpaired) electrons. The Balaban J connectivity index is 2.73. The first kappa shape index (κ1) is 12.0. The average Bonchev–Trinajstić information content (AvgIpc) is 2.25. The van der Waals surface area contributed by atoms with Gasteiger partial charge in [-0.3, -0.25) is 4.90 Å². The van der Waals surface area contributed by atoms with Crippen molar-refractivity contribution in [1.82, 2.24) is 4.90 Å². The van der Waals surface area contributed by atoms with Gasteiger partial charge in [-0.05, 0) is 46.1 Å². The van der Waals surface area contributed by atoms with E-state index in [1.165, 1.54) is 12.8 Å². The lowest BCUT2D eigenvalue weighted by molar-refractivity contribution is 0.0989. The highest BCUT2D eigenvalue weighted by Gasteiger charge is 2.43. The molecule has 0 aromatic rings. The van der Waals surface area contributed by atoms with Crippen molar-refractivity contribution in [2.24, 2.45) is 11.1 Å². The van der Waals surface area contributed by atoms with Crippen molar-refractivity contribution < 1.29 is 0 Å². The predicted octanol–water partition coefficient (Wildman–Crippen LogP) is 2.23. The largest absolute Gasteiger partial charge is 0.326 e. The number of nitrogens with zero attached hydrogens (tertiary/aromatic N) is 1. The van der Waals surface area contributed by atoms with Gasteiger partial charge >= 0.3 is 0 Å². The summed E-state index contributed by atoms with van der Waals surface area (Å²) >= 11 is 0. The second-order valence-corrected chi connectivity index (χ2v) is 6.40. The summed E-state index contributed by atoms with van der Waals surface area (Å²) in [6.07, 6.45) is 2.49. The number of hydrogen-bond acceptors (Lipinski definition) is 2. The number of rotatable bonds is 1. The van der Waals surface area contributed by atoms with Crippen molar-refractivity contribution in [1.29, 1.82) is 0 Å². The minimum atomic E-state index is 0.225. The Morgan fingerprint density at radius 2 is 1.79 bits per heavy atom. The molecule has 0 aromatic carbocycles. The quantitative estimate of drug-likeness (QED) is 0.700. The Morgan fingerprint density at radius 3 is 2.07 bits per heavy atom. The van der Waals surface area contributed by atoms with Crippen molar-refractivity contribution in [2.75, 3.05) is 7.05 Å². The first-order valence-corrected chi connectivity index (χ1v) is 5.65. The Bertz CT molecular complexity index is 203. The average molecular weight is 198 g/mol. The van der Waals surface area contributed by atoms with Gasteiger partial charge in [0, 0.05) is 17.6 Å². The third kappa shape index (κ3) is 2.12. The third-order valence-corrected chi connectivity index (χ3v) is 3.96. The van der Waals surface area contributed by atoms with Gasteiger partial charge in [-0.2, -0.15) is 0 Å². The minimum absolute atomic E-state index is 0.225. The molecule has 2 unspecified atom stereocenters. The van der Waals surface area contributed by atoms with Crippen LogP contribution in [0.2, 0.25) is 0 Å². The van der Waals surface area contributed by atoms with Crippen LogP contribution >= 0.6 is 0 Å². The van der Waals surface area contributed by atoms with Crippen LogP contribution in [0.4, 0.5) is 0 Å². The minimum Gasteiger partial charge on any atom is -0.326 e. The summed E-state index contributed by atoms with van der Waals surface area (Å²) in [7, 11) is 2.20. The summed E-state index contributed by atoms with van der Waals surface area (Å²) in [6.45, 7) is 11.3. The summed E-state index contributed by atoms with van der Waals surface area (Å²) in [4.78, 5) is 2.44. The highest BCUT2D eigenvalue weighted by molar-refractivity contribution is 5.00. The smallest absolute Gasteiger partial charge is 0.0254 e. The number of nitrogens with two attached hydrogens (primary N) is 1. The maximum atomic E-state index is 6.31. The van der Waals surface area contributed by atoms with Crippen LogP contribution in [0.5, 0.6) is 0 Å². The van der Waals surface area contributed by atoms with Gasteiger partial charge < -0.3 is 5.73 Å². The van der Waals surface area contributed by atoms with Gasteiger partial charge in [-0.15, -0.1) is 0 Å². The molecule has 1 fully saturated rings. The lowest BCUT2D eigenvalue weighted by Gasteiger charge is -2.40. The zero-order chi connectivity index (χ0) is 11.1. The van der Waals surface area contributed by atoms with Gasteiger partial charge in [0.05, 0.1) is 0 Å². The molecular weight excluding hydrogens is 172 g/mol. The van der Waals surface area contributed by atoms with Gasteiger partial charge in [-0.25, -0.2) is 0 Å². The molecule has 1 aliphatic rings. The van der Waals surface area contributed by atoms with E-state index in [-0.39, 0.29) is 5.54 Å². The van der Waals surface area contributed by atoms with E-state index in [0.29, 0.717) is 17.5 Å². The highest BCUT2D eigenvalue weighted by Crippen LogP contribution is 2.39. The maximum absolute atomic E-state index is 6.31. The van der Waals surface area contributed by atoms with E-state index in [2.05, 4.69) is 46.6 Å². The second kappa shape index (κ2) is 3.49. The van der Waals surface area contributed by atoms with Gasteiger partial charge in [0.25, 0.3) is 0 Å². The molecule has 2 atom stereocenters. The second-order valence-electron chi connectivity index (χ2n) is 6.40. The molecular formula is C12H26N2. The van der Waals surface area contributed by atoms with Gasteiger partial charge in [0.2, 0.25) is 0 Å². The normalized spacial score (nSPS) is 32.6. The summed E-state index contributed by atoms with van der Waals surface area (Å²) < 4.78 is 0. The maximum Gasteiger partial charge on any atom is 0.0254 e. The van der Waals surface area contributed by atoms with Crippen molar-refractivity contribution in [2.45, 2.75) is 65.1 Å². The first-order chi connectivity index (χ1) is 6.16. The molecule has 0 saturated heterocycles. The van der Waals surface area contributed by atoms with Crippen LogP contribution in [-0.2, 0) is 0 Å². The molecule has 14 heavy (non-hydrogen) atoms. The number of hydrogen-bond donors (Lipinski definition) is 1. The van der Waals surface area contributed by atoms with E-state index < -0.39 is 0 Å². The Morgan fingerprint density at radius 1 is 1.29 bits per heavy atom. The summed E-state index contributed by atoms with van der Waals surface area (Å²) in [5.41, 5.74) is 6.85. The molecule has 2 heteroatoms. The van der Waals surface area contributed by atoms with Crippen molar-refractivity contribution in [3.05, 3.63) is 0 Å². The van der Waals surface area contributed by atoms with E-state index in [1.54, 1.807) is 0 Å². The van der Waals surface area contributed by atoms with Crippen LogP contribution in [0.3, 0.4) is 0 Å². The molecule has 0 bridgehead atoms. The lowest BCUT2D eigenvalue weighted by Crippen LogP contribution is -2.53. The molecule has 0 aliphatic heterocycles. The number of likely N-dealkylation sites (N-methyl/N-ethyl adjacent to an activating group) is 1. The van der Waals surface area contributed by atoms with Crippen LogP contribution in [0.15, 0.2) is 0 Å². The molecule has 0 amide bonds. The third-order valence-electron chi connectivity index (χ3n) is 3.96. The fourth-order valence-electron chi connectivity index (χ4n) is 2.32. The van der Waals surface area contributed by atoms with Crippen molar-refractivity contribution in [3.63, 3.8) is 0 Å². The van der Waals surface area contributed by atoms with Crippen LogP contribution in [0, 0.1) is 5.41 Å². The molecule has 1 saturated carbocycles. The zero-order valence-corrected chi connectivity index (χ0v) is 10.6. The molecule has 0 heterocycles. The topological polar surface area (TPSA) is 29.3 Å². The molecule has 2 nitrogen and oxygen atoms in total. The Kier molecular flexibility index (Phi) is 2.99. The highest BCUT2D eigenvalue weighted by atomic mass is 15.2. The fourth-order valence-corrected chi connectivity index (χ4v) is 2.32. The standard InChI is InChI=1S/C12H26N2/c1-11(2,3)14(6)9-7-8-12(4,5)10(9)13/h9-10H,7-8,13H2,1-6H3. The molecule has 1 aliphatic carbocycles. The van der Waals surface area contributed by atoms with Gasteiger partial charge in [-0.1, -0.05) is 13.8 Å². The molecule has 0 spiro atoms. The Labute approximate surface area is 88.8 Å². The van der Waals surface area contributed by atoms with E-state index in [1.807, 2.05) is 0 Å². The van der Waals surface area contributed by atoms with E-state index >= 15 is 0 Å². The summed E-state index contributed by atoms with van der Waals surface area (Å²) in [5, 5.41) is 0. The molecule has 1 rings (SSSR count). The van der Waals surface area contributed by atoms with Gasteiger partial charge in [0.15, 0.2) is 0 Å². The predicted molar refractivity (Wildman–Crippen MR) is 62.3 cm³/mol. The zero-order valence-electron chi connectivity index (χ0n) is 10.6. The molecule has 84 valence electrons. The summed E-state index contributed by atoms with van der Waals surface area (Å²) in [5.74, 6) is 0. The van der Waals surface area contributed by atoms with E-state index in [0.717, 1.165) is 0 Å². The Hall–Kier alpha value is -0.0800. The van der Waals surface area contributed by atoms with E-state index in [9.17, 15) is 0 Å². The lowest BCUT2D eigenvalue weighted by atomic mass is 9.86. The van der Waals surface area contributed by atoms with Crippen molar-refractivity contribution in [3.8, 4) is 0 Å². The van der Waals surface area contributed by atoms with Crippen LogP contribution in [-0.4, -0.2) is 29.6 Å². The molecule has 0 aromatic heterocycles. The first-order valence-electron chi connectivity index (χ1n) is 5.65. The van der Waals surface area contributed by atoms with Crippen LogP contribution in [0.1, 0.15) is 47.5 Å². The monoisotopic (exact) mass is 198 g/mol. The fraction of sp³-hybridized carbons (Fsp3) is 1.00. The van der Waals surface area contributed by atoms with E-state index in [4.69, 9.17) is 5.73 Å². The summed E-state index contributed by atoms with van der Waals surface area (Å²) in [6, 6.07) is 0.858.